The number of aliphatic hydroxyl groups is 1. The van der Waals surface area contributed by atoms with Crippen molar-refractivity contribution in [3.8, 4) is 6.07 Å². The molecule has 1 aromatic carbocycles. The first-order valence-electron chi connectivity index (χ1n) is 3.46. The number of nitriles is 1. The zero-order valence-corrected chi connectivity index (χ0v) is 6.58. The van der Waals surface area contributed by atoms with Crippen molar-refractivity contribution in [2.75, 3.05) is 0 Å². The third-order valence-electron chi connectivity index (χ3n) is 1.60. The molecular formula is C9H8FNO. The SMILES string of the molecule is C[C@@](O)(C#N)c1cccc(F)c1. The minimum atomic E-state index is -1.61. The summed E-state index contributed by atoms with van der Waals surface area (Å²) in [6.45, 7) is 1.32. The van der Waals surface area contributed by atoms with Crippen molar-refractivity contribution in [2.24, 2.45) is 0 Å². The van der Waals surface area contributed by atoms with Gasteiger partial charge in [-0.15, -0.1) is 0 Å². The molecule has 3 heteroatoms. The summed E-state index contributed by atoms with van der Waals surface area (Å²) in [5.74, 6) is -0.456. The van der Waals surface area contributed by atoms with Crippen molar-refractivity contribution >= 4 is 0 Å². The van der Waals surface area contributed by atoms with Crippen molar-refractivity contribution in [3.63, 3.8) is 0 Å². The van der Waals surface area contributed by atoms with Gasteiger partial charge in [0.15, 0.2) is 5.60 Å². The molecule has 1 atom stereocenters. The third kappa shape index (κ3) is 1.60. The molecule has 0 aromatic heterocycles. The molecule has 0 unspecified atom stereocenters. The van der Waals surface area contributed by atoms with E-state index >= 15 is 0 Å². The minimum absolute atomic E-state index is 0.269. The van der Waals surface area contributed by atoms with Gasteiger partial charge in [0.1, 0.15) is 11.9 Å². The molecule has 0 aliphatic carbocycles. The highest BCUT2D eigenvalue weighted by molar-refractivity contribution is 5.27. The standard InChI is InChI=1S/C9H8FNO/c1-9(12,6-11)7-3-2-4-8(10)5-7/h2-5,12H,1H3/t9-/m1/s1. The first kappa shape index (κ1) is 8.69. The van der Waals surface area contributed by atoms with Crippen LogP contribution in [-0.2, 0) is 5.60 Å². The van der Waals surface area contributed by atoms with Crippen LogP contribution in [0.3, 0.4) is 0 Å². The van der Waals surface area contributed by atoms with Crippen LogP contribution in [0.25, 0.3) is 0 Å². The summed E-state index contributed by atoms with van der Waals surface area (Å²) in [6.07, 6.45) is 0. The number of rotatable bonds is 1. The van der Waals surface area contributed by atoms with Gasteiger partial charge in [-0.25, -0.2) is 4.39 Å². The quantitative estimate of drug-likeness (QED) is 0.641. The zero-order chi connectivity index (χ0) is 9.19. The lowest BCUT2D eigenvalue weighted by atomic mass is 9.98. The van der Waals surface area contributed by atoms with Crippen LogP contribution in [0.15, 0.2) is 24.3 Å². The predicted molar refractivity (Wildman–Crippen MR) is 41.6 cm³/mol. The Bertz CT molecular complexity index is 328. The fraction of sp³-hybridized carbons (Fsp3) is 0.222. The number of nitrogens with zero attached hydrogens (tertiary/aromatic N) is 1. The van der Waals surface area contributed by atoms with Gasteiger partial charge in [0, 0.05) is 5.56 Å². The van der Waals surface area contributed by atoms with Crippen LogP contribution >= 0.6 is 0 Å². The van der Waals surface area contributed by atoms with Gasteiger partial charge in [-0.05, 0) is 19.1 Å². The lowest BCUT2D eigenvalue weighted by Gasteiger charge is -2.13. The normalized spacial score (nSPS) is 14.8. The van der Waals surface area contributed by atoms with Gasteiger partial charge >= 0.3 is 0 Å². The Morgan fingerprint density at radius 2 is 2.25 bits per heavy atom. The van der Waals surface area contributed by atoms with Crippen LogP contribution in [0, 0.1) is 17.1 Å². The average Bonchev–Trinajstić information content (AvgIpc) is 2.05. The van der Waals surface area contributed by atoms with Crippen LogP contribution in [0.5, 0.6) is 0 Å². The summed E-state index contributed by atoms with van der Waals surface area (Å²) in [4.78, 5) is 0. The van der Waals surface area contributed by atoms with Crippen molar-refractivity contribution in [1.82, 2.24) is 0 Å². The monoisotopic (exact) mass is 165 g/mol. The van der Waals surface area contributed by atoms with Gasteiger partial charge in [-0.3, -0.25) is 0 Å². The number of hydrogen-bond acceptors (Lipinski definition) is 2. The van der Waals surface area contributed by atoms with E-state index in [1.54, 1.807) is 6.07 Å². The summed E-state index contributed by atoms with van der Waals surface area (Å²) in [5, 5.41) is 17.9. The van der Waals surface area contributed by atoms with Gasteiger partial charge in [0.25, 0.3) is 0 Å². The molecule has 62 valence electrons. The molecule has 0 amide bonds. The Morgan fingerprint density at radius 1 is 1.58 bits per heavy atom. The zero-order valence-electron chi connectivity index (χ0n) is 6.58. The summed E-state index contributed by atoms with van der Waals surface area (Å²) >= 11 is 0. The van der Waals surface area contributed by atoms with Crippen LogP contribution in [0.1, 0.15) is 12.5 Å². The first-order chi connectivity index (χ1) is 5.56. The molecule has 0 heterocycles. The van der Waals surface area contributed by atoms with E-state index in [1.165, 1.54) is 25.1 Å². The molecule has 2 nitrogen and oxygen atoms in total. The van der Waals surface area contributed by atoms with Crippen molar-refractivity contribution in [1.29, 1.82) is 5.26 Å². The Kier molecular flexibility index (Phi) is 2.11. The summed E-state index contributed by atoms with van der Waals surface area (Å²) < 4.78 is 12.6. The molecule has 1 aromatic rings. The molecule has 0 saturated heterocycles. The molecule has 0 spiro atoms. The van der Waals surface area contributed by atoms with Crippen LogP contribution in [0.2, 0.25) is 0 Å². The van der Waals surface area contributed by atoms with E-state index in [0.29, 0.717) is 0 Å². The molecule has 0 aliphatic rings. The van der Waals surface area contributed by atoms with Crippen molar-refractivity contribution in [2.45, 2.75) is 12.5 Å². The summed E-state index contributed by atoms with van der Waals surface area (Å²) in [7, 11) is 0. The van der Waals surface area contributed by atoms with E-state index in [9.17, 15) is 9.50 Å². The first-order valence-corrected chi connectivity index (χ1v) is 3.46. The second-order valence-corrected chi connectivity index (χ2v) is 2.69. The average molecular weight is 165 g/mol. The third-order valence-corrected chi connectivity index (χ3v) is 1.60. The fourth-order valence-electron chi connectivity index (χ4n) is 0.856. The molecule has 0 bridgehead atoms. The highest BCUT2D eigenvalue weighted by atomic mass is 19.1. The fourth-order valence-corrected chi connectivity index (χ4v) is 0.856. The smallest absolute Gasteiger partial charge is 0.173 e. The summed E-state index contributed by atoms with van der Waals surface area (Å²) in [6, 6.07) is 7.04. The Morgan fingerprint density at radius 3 is 2.75 bits per heavy atom. The Labute approximate surface area is 69.9 Å². The predicted octanol–water partition coefficient (Wildman–Crippen LogP) is 1.56. The van der Waals surface area contributed by atoms with E-state index in [-0.39, 0.29) is 5.56 Å². The van der Waals surface area contributed by atoms with Gasteiger partial charge in [-0.2, -0.15) is 5.26 Å². The van der Waals surface area contributed by atoms with E-state index < -0.39 is 11.4 Å². The maximum atomic E-state index is 12.6. The van der Waals surface area contributed by atoms with Crippen LogP contribution < -0.4 is 0 Å². The number of benzene rings is 1. The largest absolute Gasteiger partial charge is 0.372 e. The maximum Gasteiger partial charge on any atom is 0.173 e. The highest BCUT2D eigenvalue weighted by Gasteiger charge is 2.21. The molecular weight excluding hydrogens is 157 g/mol. The molecule has 12 heavy (non-hydrogen) atoms. The lowest BCUT2D eigenvalue weighted by molar-refractivity contribution is 0.119. The second kappa shape index (κ2) is 2.92. The molecule has 1 rings (SSSR count). The van der Waals surface area contributed by atoms with Gasteiger partial charge in [0.2, 0.25) is 0 Å². The topological polar surface area (TPSA) is 44.0 Å². The molecule has 0 aliphatic heterocycles. The molecule has 1 N–H and O–H groups in total. The number of hydrogen-bond donors (Lipinski definition) is 1. The Hall–Kier alpha value is -1.40. The number of halogens is 1. The second-order valence-electron chi connectivity index (χ2n) is 2.69. The van der Waals surface area contributed by atoms with Gasteiger partial charge < -0.3 is 5.11 Å². The summed E-state index contributed by atoms with van der Waals surface area (Å²) in [5.41, 5.74) is -1.34. The van der Waals surface area contributed by atoms with E-state index in [1.807, 2.05) is 0 Å². The van der Waals surface area contributed by atoms with Crippen LogP contribution in [-0.4, -0.2) is 5.11 Å². The van der Waals surface area contributed by atoms with Gasteiger partial charge in [-0.1, -0.05) is 12.1 Å². The van der Waals surface area contributed by atoms with E-state index in [0.717, 1.165) is 6.07 Å². The van der Waals surface area contributed by atoms with E-state index in [2.05, 4.69) is 0 Å². The van der Waals surface area contributed by atoms with Crippen molar-refractivity contribution < 1.29 is 9.50 Å². The lowest BCUT2D eigenvalue weighted by Crippen LogP contribution is -2.17. The Balaban J connectivity index is 3.14. The maximum absolute atomic E-state index is 12.6. The van der Waals surface area contributed by atoms with E-state index in [4.69, 9.17) is 5.26 Å². The van der Waals surface area contributed by atoms with Crippen LogP contribution in [0.4, 0.5) is 4.39 Å². The molecule has 0 fully saturated rings. The molecule has 0 saturated carbocycles. The highest BCUT2D eigenvalue weighted by Crippen LogP contribution is 2.19. The minimum Gasteiger partial charge on any atom is -0.372 e. The van der Waals surface area contributed by atoms with Crippen molar-refractivity contribution in [3.05, 3.63) is 35.6 Å². The molecule has 0 radical (unpaired) electrons. The van der Waals surface area contributed by atoms with Gasteiger partial charge in [0.05, 0.1) is 0 Å².